The topological polar surface area (TPSA) is 98.5 Å². The third-order valence-electron chi connectivity index (χ3n) is 1.18. The second kappa shape index (κ2) is 2.57. The minimum Gasteiger partial charge on any atom is -0.375 e. The van der Waals surface area contributed by atoms with Crippen molar-refractivity contribution >= 4 is 18.0 Å². The average Bonchev–Trinajstić information content (AvgIpc) is 2.09. The number of esters is 1. The Bertz CT molecular complexity index is 225. The Morgan fingerprint density at radius 1 is 1.64 bits per heavy atom. The minimum absolute atomic E-state index is 0.218. The quantitative estimate of drug-likeness (QED) is 0.377. The number of hydrogen-bond donors (Lipinski definition) is 2. The highest BCUT2D eigenvalue weighted by Crippen LogP contribution is 2.02. The number of cyclic esters (lactones) is 2. The fraction of sp³-hybridized carbons (Fsp3) is 0.400. The fourth-order valence-electron chi connectivity index (χ4n) is 0.729. The first kappa shape index (κ1) is 7.52. The molecule has 11 heavy (non-hydrogen) atoms. The lowest BCUT2D eigenvalue weighted by Crippen LogP contribution is -2.33. The molecule has 60 valence electrons. The summed E-state index contributed by atoms with van der Waals surface area (Å²) in [4.78, 5) is 31.2. The van der Waals surface area contributed by atoms with Crippen LogP contribution < -0.4 is 11.1 Å². The number of hydrogen-bond acceptors (Lipinski definition) is 4. The Labute approximate surface area is 61.7 Å². The van der Waals surface area contributed by atoms with Crippen LogP contribution in [-0.2, 0) is 14.3 Å². The van der Waals surface area contributed by atoms with E-state index in [0.29, 0.717) is 0 Å². The van der Waals surface area contributed by atoms with Crippen LogP contribution in [0.3, 0.4) is 0 Å². The van der Waals surface area contributed by atoms with E-state index in [2.05, 4.69) is 10.1 Å². The van der Waals surface area contributed by atoms with Crippen molar-refractivity contribution in [2.75, 3.05) is 0 Å². The Hall–Kier alpha value is -1.59. The maximum atomic E-state index is 10.6. The molecule has 2 amide bonds. The summed E-state index contributed by atoms with van der Waals surface area (Å²) in [7, 11) is 0. The maximum absolute atomic E-state index is 10.6. The van der Waals surface area contributed by atoms with Crippen molar-refractivity contribution in [1.29, 1.82) is 0 Å². The van der Waals surface area contributed by atoms with E-state index < -0.39 is 24.0 Å². The summed E-state index contributed by atoms with van der Waals surface area (Å²) in [6.07, 6.45) is -1.05. The number of amides is 2. The Morgan fingerprint density at radius 2 is 2.27 bits per heavy atom. The molecule has 6 heteroatoms. The summed E-state index contributed by atoms with van der Waals surface area (Å²) in [5, 5.41) is 2.12. The number of carbonyl (C=O) groups is 3. The fourth-order valence-corrected chi connectivity index (χ4v) is 0.729. The van der Waals surface area contributed by atoms with E-state index in [4.69, 9.17) is 5.73 Å². The molecule has 6 nitrogen and oxygen atoms in total. The molecule has 1 rings (SSSR count). The number of nitrogens with one attached hydrogen (secondary N) is 1. The summed E-state index contributed by atoms with van der Waals surface area (Å²) < 4.78 is 4.08. The zero-order valence-electron chi connectivity index (χ0n) is 5.49. The second-order valence-corrected chi connectivity index (χ2v) is 2.08. The Kier molecular flexibility index (Phi) is 1.75. The minimum atomic E-state index is -0.903. The third-order valence-corrected chi connectivity index (χ3v) is 1.18. The molecule has 1 heterocycles. The summed E-state index contributed by atoms with van der Waals surface area (Å²) in [5.41, 5.74) is 4.78. The molecule has 0 aliphatic carbocycles. The van der Waals surface area contributed by atoms with Crippen LogP contribution in [0.5, 0.6) is 0 Å². The van der Waals surface area contributed by atoms with Gasteiger partial charge < -0.3 is 15.8 Å². The zero-order valence-corrected chi connectivity index (χ0v) is 5.49. The predicted molar refractivity (Wildman–Crippen MR) is 32.2 cm³/mol. The highest BCUT2D eigenvalue weighted by atomic mass is 16.6. The summed E-state index contributed by atoms with van der Waals surface area (Å²) in [5.74, 6) is -1.41. The van der Waals surface area contributed by atoms with E-state index in [1.54, 1.807) is 0 Å². The van der Waals surface area contributed by atoms with Gasteiger partial charge in [0.2, 0.25) is 5.91 Å². The van der Waals surface area contributed by atoms with Gasteiger partial charge in [-0.05, 0) is 0 Å². The summed E-state index contributed by atoms with van der Waals surface area (Å²) >= 11 is 0. The molecule has 0 spiro atoms. The van der Waals surface area contributed by atoms with Crippen LogP contribution in [0.4, 0.5) is 4.79 Å². The van der Waals surface area contributed by atoms with Crippen LogP contribution in [0.15, 0.2) is 0 Å². The molecular formula is C5H6N2O4. The first-order chi connectivity index (χ1) is 5.09. The van der Waals surface area contributed by atoms with Crippen LogP contribution in [-0.4, -0.2) is 24.0 Å². The van der Waals surface area contributed by atoms with Crippen molar-refractivity contribution in [1.82, 2.24) is 5.32 Å². The molecule has 0 aromatic carbocycles. The van der Waals surface area contributed by atoms with Gasteiger partial charge in [0.05, 0.1) is 6.42 Å². The molecule has 1 aliphatic rings. The Balaban J connectivity index is 2.53. The van der Waals surface area contributed by atoms with Crippen LogP contribution in [0.2, 0.25) is 0 Å². The Morgan fingerprint density at radius 3 is 2.64 bits per heavy atom. The van der Waals surface area contributed by atoms with Gasteiger partial charge in [0.25, 0.3) is 0 Å². The van der Waals surface area contributed by atoms with Crippen molar-refractivity contribution in [3.63, 3.8) is 0 Å². The van der Waals surface area contributed by atoms with Gasteiger partial charge in [0.15, 0.2) is 0 Å². The number of rotatable bonds is 2. The number of alkyl carbamates (subject to hydrolysis) is 1. The monoisotopic (exact) mass is 158 g/mol. The van der Waals surface area contributed by atoms with Gasteiger partial charge >= 0.3 is 12.1 Å². The molecule has 3 N–H and O–H groups in total. The number of primary amides is 1. The lowest BCUT2D eigenvalue weighted by molar-refractivity contribution is -0.137. The van der Waals surface area contributed by atoms with Gasteiger partial charge in [-0.15, -0.1) is 0 Å². The zero-order chi connectivity index (χ0) is 8.43. The maximum Gasteiger partial charge on any atom is 0.415 e. The lowest BCUT2D eigenvalue weighted by Gasteiger charge is -1.99. The lowest BCUT2D eigenvalue weighted by atomic mass is 10.2. The highest BCUT2D eigenvalue weighted by Gasteiger charge is 2.33. The standard InChI is InChI=1S/C5H6N2O4/c6-3(8)1-2-4(9)11-5(10)7-2/h2H,1H2,(H2,6,8)(H,7,10). The largest absolute Gasteiger partial charge is 0.415 e. The third kappa shape index (κ3) is 1.66. The van der Waals surface area contributed by atoms with Gasteiger partial charge in [-0.2, -0.15) is 0 Å². The molecule has 0 radical (unpaired) electrons. The van der Waals surface area contributed by atoms with Gasteiger partial charge in [0, 0.05) is 0 Å². The smallest absolute Gasteiger partial charge is 0.375 e. The molecule has 0 aromatic rings. The van der Waals surface area contributed by atoms with Gasteiger partial charge in [-0.25, -0.2) is 9.59 Å². The van der Waals surface area contributed by atoms with Crippen molar-refractivity contribution in [3.05, 3.63) is 0 Å². The molecule has 1 unspecified atom stereocenters. The molecular weight excluding hydrogens is 152 g/mol. The van der Waals surface area contributed by atoms with Crippen LogP contribution in [0, 0.1) is 0 Å². The van der Waals surface area contributed by atoms with E-state index in [1.807, 2.05) is 0 Å². The molecule has 1 saturated heterocycles. The molecule has 1 aliphatic heterocycles. The van der Waals surface area contributed by atoms with E-state index in [-0.39, 0.29) is 6.42 Å². The van der Waals surface area contributed by atoms with E-state index in [0.717, 1.165) is 0 Å². The molecule has 0 saturated carbocycles. The SMILES string of the molecule is NC(=O)CC1NC(=O)OC1=O. The summed E-state index contributed by atoms with van der Waals surface area (Å²) in [6.45, 7) is 0. The van der Waals surface area contributed by atoms with Crippen molar-refractivity contribution in [3.8, 4) is 0 Å². The molecule has 0 bridgehead atoms. The van der Waals surface area contributed by atoms with E-state index in [1.165, 1.54) is 0 Å². The van der Waals surface area contributed by atoms with E-state index in [9.17, 15) is 14.4 Å². The first-order valence-corrected chi connectivity index (χ1v) is 2.90. The number of ether oxygens (including phenoxy) is 1. The number of nitrogens with two attached hydrogens (primary N) is 1. The average molecular weight is 158 g/mol. The second-order valence-electron chi connectivity index (χ2n) is 2.08. The highest BCUT2D eigenvalue weighted by molar-refractivity contribution is 5.97. The molecule has 0 aromatic heterocycles. The van der Waals surface area contributed by atoms with Crippen molar-refractivity contribution in [2.24, 2.45) is 5.73 Å². The van der Waals surface area contributed by atoms with Crippen molar-refractivity contribution in [2.45, 2.75) is 12.5 Å². The van der Waals surface area contributed by atoms with Gasteiger partial charge in [-0.3, -0.25) is 4.79 Å². The summed E-state index contributed by atoms with van der Waals surface area (Å²) in [6, 6.07) is -0.903. The molecule has 1 atom stereocenters. The van der Waals surface area contributed by atoms with Gasteiger partial charge in [0.1, 0.15) is 6.04 Å². The van der Waals surface area contributed by atoms with Crippen LogP contribution >= 0.6 is 0 Å². The van der Waals surface area contributed by atoms with E-state index >= 15 is 0 Å². The van der Waals surface area contributed by atoms with Gasteiger partial charge in [-0.1, -0.05) is 0 Å². The van der Waals surface area contributed by atoms with Crippen molar-refractivity contribution < 1.29 is 19.1 Å². The predicted octanol–water partition coefficient (Wildman–Crippen LogP) is -1.50. The molecule has 1 fully saturated rings. The van der Waals surface area contributed by atoms with Crippen LogP contribution in [0.25, 0.3) is 0 Å². The normalized spacial score (nSPS) is 22.7. The first-order valence-electron chi connectivity index (χ1n) is 2.90. The number of carbonyl (C=O) groups excluding carboxylic acids is 3. The van der Waals surface area contributed by atoms with Crippen LogP contribution in [0.1, 0.15) is 6.42 Å².